The van der Waals surface area contributed by atoms with Crippen molar-refractivity contribution in [2.45, 2.75) is 16.7 Å². The summed E-state index contributed by atoms with van der Waals surface area (Å²) in [5.74, 6) is 3.16. The van der Waals surface area contributed by atoms with Gasteiger partial charge in [0.1, 0.15) is 18.1 Å². The van der Waals surface area contributed by atoms with E-state index >= 15 is 0 Å². The molecule has 1 atom stereocenters. The molecule has 0 fully saturated rings. The fourth-order valence-electron chi connectivity index (χ4n) is 4.37. The lowest BCUT2D eigenvalue weighted by molar-refractivity contribution is 0.342. The molecule has 3 nitrogen and oxygen atoms in total. The van der Waals surface area contributed by atoms with Gasteiger partial charge in [-0.1, -0.05) is 30.3 Å². The van der Waals surface area contributed by atoms with Crippen LogP contribution in [0.15, 0.2) is 76.6 Å². The summed E-state index contributed by atoms with van der Waals surface area (Å²) < 4.78 is 11.2. The predicted octanol–water partition coefficient (Wildman–Crippen LogP) is 6.03. The first kappa shape index (κ1) is 19.5. The van der Waals surface area contributed by atoms with Crippen LogP contribution in [-0.4, -0.2) is 31.1 Å². The maximum atomic E-state index is 5.73. The quantitative estimate of drug-likeness (QED) is 0.442. The van der Waals surface area contributed by atoms with Gasteiger partial charge in [0.15, 0.2) is 0 Å². The van der Waals surface area contributed by atoms with E-state index in [0.29, 0.717) is 12.5 Å². The molecule has 5 heteroatoms. The zero-order valence-electron chi connectivity index (χ0n) is 16.7. The van der Waals surface area contributed by atoms with Gasteiger partial charge in [-0.15, -0.1) is 23.4 Å². The highest BCUT2D eigenvalue weighted by molar-refractivity contribution is 7.99. The molecule has 0 amide bonds. The Morgan fingerprint density at radius 3 is 2.63 bits per heavy atom. The van der Waals surface area contributed by atoms with E-state index in [1.807, 2.05) is 30.0 Å². The van der Waals surface area contributed by atoms with Crippen molar-refractivity contribution < 1.29 is 9.47 Å². The molecule has 0 spiro atoms. The van der Waals surface area contributed by atoms with Gasteiger partial charge in [0.2, 0.25) is 0 Å². The summed E-state index contributed by atoms with van der Waals surface area (Å²) >= 11 is 7.65. The number of hydrogen-bond donors (Lipinski definition) is 0. The van der Waals surface area contributed by atoms with Crippen molar-refractivity contribution in [1.82, 2.24) is 0 Å². The Bertz CT molecular complexity index is 1110. The van der Waals surface area contributed by atoms with Gasteiger partial charge in [0.25, 0.3) is 0 Å². The zero-order valence-corrected chi connectivity index (χ0v) is 18.3. The van der Waals surface area contributed by atoms with Crippen LogP contribution in [0.4, 0.5) is 5.69 Å². The Morgan fingerprint density at radius 2 is 1.83 bits per heavy atom. The molecular formula is C25H22ClNO2S. The third kappa shape index (κ3) is 3.28. The average molecular weight is 436 g/mol. The van der Waals surface area contributed by atoms with Crippen LogP contribution in [0.2, 0.25) is 0 Å². The molecular weight excluding hydrogens is 414 g/mol. The van der Waals surface area contributed by atoms with Gasteiger partial charge in [-0.25, -0.2) is 0 Å². The second-order valence-corrected chi connectivity index (χ2v) is 8.96. The topological polar surface area (TPSA) is 30.8 Å². The van der Waals surface area contributed by atoms with Crippen LogP contribution in [-0.2, 0) is 11.8 Å². The maximum Gasteiger partial charge on any atom is 0.119 e. The molecule has 1 unspecified atom stereocenters. The van der Waals surface area contributed by atoms with Crippen LogP contribution in [0, 0.1) is 0 Å². The third-order valence-corrected chi connectivity index (χ3v) is 7.25. The standard InChI is InChI=1S/C25H22ClNO2S/c1-28-19-10-11-22-21(14-19)25(15-17-6-8-18(9-7-17)29-13-12-26)16-30-23-5-3-2-4-20(23)24(25)27-22/h2-11,14H,12-13,15-16H2,1H3. The van der Waals surface area contributed by atoms with Crippen LogP contribution in [0.25, 0.3) is 0 Å². The number of ether oxygens (including phenoxy) is 2. The summed E-state index contributed by atoms with van der Waals surface area (Å²) in [4.78, 5) is 6.43. The predicted molar refractivity (Wildman–Crippen MR) is 124 cm³/mol. The molecule has 0 radical (unpaired) electrons. The number of aliphatic imine (C=N–C) groups is 1. The number of fused-ring (bicyclic) bond motifs is 5. The Hall–Kier alpha value is -2.43. The lowest BCUT2D eigenvalue weighted by Crippen LogP contribution is -2.41. The second-order valence-electron chi connectivity index (χ2n) is 7.57. The number of rotatable bonds is 6. The van der Waals surface area contributed by atoms with E-state index in [0.717, 1.165) is 29.4 Å². The molecule has 3 aromatic carbocycles. The first-order valence-electron chi connectivity index (χ1n) is 10.0. The summed E-state index contributed by atoms with van der Waals surface area (Å²) in [7, 11) is 1.72. The monoisotopic (exact) mass is 435 g/mol. The first-order chi connectivity index (χ1) is 14.7. The third-order valence-electron chi connectivity index (χ3n) is 5.80. The maximum absolute atomic E-state index is 5.73. The molecule has 2 aliphatic rings. The number of methoxy groups -OCH3 is 1. The van der Waals surface area contributed by atoms with Crippen LogP contribution in [0.5, 0.6) is 11.5 Å². The molecule has 3 aromatic rings. The van der Waals surface area contributed by atoms with Crippen molar-refractivity contribution in [3.8, 4) is 11.5 Å². The van der Waals surface area contributed by atoms with E-state index < -0.39 is 0 Å². The van der Waals surface area contributed by atoms with Crippen LogP contribution in [0.3, 0.4) is 0 Å². The minimum atomic E-state index is -0.179. The van der Waals surface area contributed by atoms with Crippen LogP contribution >= 0.6 is 23.4 Å². The number of thioether (sulfide) groups is 1. The van der Waals surface area contributed by atoms with E-state index in [1.54, 1.807) is 7.11 Å². The molecule has 0 bridgehead atoms. The van der Waals surface area contributed by atoms with Gasteiger partial charge in [-0.05, 0) is 53.9 Å². The number of benzene rings is 3. The van der Waals surface area contributed by atoms with E-state index in [4.69, 9.17) is 26.1 Å². The number of halogens is 1. The van der Waals surface area contributed by atoms with Gasteiger partial charge in [0, 0.05) is 16.2 Å². The molecule has 30 heavy (non-hydrogen) atoms. The Balaban J connectivity index is 1.57. The van der Waals surface area contributed by atoms with Crippen LogP contribution in [0.1, 0.15) is 16.7 Å². The van der Waals surface area contributed by atoms with E-state index in [2.05, 4.69) is 48.5 Å². The van der Waals surface area contributed by atoms with Crippen molar-refractivity contribution >= 4 is 34.8 Å². The molecule has 0 aromatic heterocycles. The lowest BCUT2D eigenvalue weighted by atomic mass is 9.72. The Morgan fingerprint density at radius 1 is 1.03 bits per heavy atom. The molecule has 5 rings (SSSR count). The van der Waals surface area contributed by atoms with E-state index in [-0.39, 0.29) is 5.41 Å². The van der Waals surface area contributed by atoms with E-state index in [1.165, 1.54) is 27.3 Å². The van der Waals surface area contributed by atoms with Crippen molar-refractivity contribution in [3.05, 3.63) is 83.4 Å². The largest absolute Gasteiger partial charge is 0.497 e. The molecule has 152 valence electrons. The summed E-state index contributed by atoms with van der Waals surface area (Å²) in [6.07, 6.45) is 0.878. The highest BCUT2D eigenvalue weighted by Gasteiger charge is 2.47. The average Bonchev–Trinajstić information content (AvgIpc) is 3.12. The summed E-state index contributed by atoms with van der Waals surface area (Å²) in [6, 6.07) is 23.2. The Kier molecular flexibility index (Phi) is 5.21. The number of nitrogens with zero attached hydrogens (tertiary/aromatic N) is 1. The first-order valence-corrected chi connectivity index (χ1v) is 11.5. The molecule has 0 aliphatic carbocycles. The smallest absolute Gasteiger partial charge is 0.119 e. The number of hydrogen-bond acceptors (Lipinski definition) is 4. The van der Waals surface area contributed by atoms with Gasteiger partial charge in [-0.3, -0.25) is 4.99 Å². The normalized spacial score (nSPS) is 18.8. The minimum Gasteiger partial charge on any atom is -0.497 e. The van der Waals surface area contributed by atoms with Crippen molar-refractivity contribution in [1.29, 1.82) is 0 Å². The van der Waals surface area contributed by atoms with Crippen LogP contribution < -0.4 is 9.47 Å². The second kappa shape index (κ2) is 8.01. The molecule has 2 heterocycles. The molecule has 0 N–H and O–H groups in total. The summed E-state index contributed by atoms with van der Waals surface area (Å²) in [5, 5.41) is 0. The molecule has 0 saturated heterocycles. The van der Waals surface area contributed by atoms with Gasteiger partial charge in [0.05, 0.1) is 29.8 Å². The fraction of sp³-hybridized carbons (Fsp3) is 0.240. The number of alkyl halides is 1. The summed E-state index contributed by atoms with van der Waals surface area (Å²) in [6.45, 7) is 0.516. The lowest BCUT2D eigenvalue weighted by Gasteiger charge is -2.36. The van der Waals surface area contributed by atoms with Gasteiger partial charge < -0.3 is 9.47 Å². The fourth-order valence-corrected chi connectivity index (χ4v) is 5.74. The van der Waals surface area contributed by atoms with Crippen molar-refractivity contribution in [2.75, 3.05) is 25.3 Å². The Labute approximate surface area is 186 Å². The van der Waals surface area contributed by atoms with Crippen molar-refractivity contribution in [2.24, 2.45) is 4.99 Å². The highest BCUT2D eigenvalue weighted by atomic mass is 35.5. The van der Waals surface area contributed by atoms with Gasteiger partial charge in [-0.2, -0.15) is 0 Å². The highest BCUT2D eigenvalue weighted by Crippen LogP contribution is 2.52. The zero-order chi connectivity index (χ0) is 20.6. The SMILES string of the molecule is COc1ccc2c(c1)C1(Cc3ccc(OCCCl)cc3)CSc3ccccc3C1=N2. The molecule has 0 saturated carbocycles. The van der Waals surface area contributed by atoms with Crippen molar-refractivity contribution in [3.63, 3.8) is 0 Å². The summed E-state index contributed by atoms with van der Waals surface area (Å²) in [5.41, 5.74) is 5.79. The minimum absolute atomic E-state index is 0.179. The van der Waals surface area contributed by atoms with E-state index in [9.17, 15) is 0 Å². The molecule has 2 aliphatic heterocycles. The van der Waals surface area contributed by atoms with Gasteiger partial charge >= 0.3 is 0 Å².